The highest BCUT2D eigenvalue weighted by Gasteiger charge is 2.24. The highest BCUT2D eigenvalue weighted by Crippen LogP contribution is 2.33. The van der Waals surface area contributed by atoms with Crippen molar-refractivity contribution in [1.29, 1.82) is 0 Å². The number of aromatic nitrogens is 7. The van der Waals surface area contributed by atoms with Crippen molar-refractivity contribution >= 4 is 86.6 Å². The fourth-order valence-electron chi connectivity index (χ4n) is 7.85. The van der Waals surface area contributed by atoms with E-state index in [2.05, 4.69) is 25.6 Å². The average molecular weight is 924 g/mol. The number of benzene rings is 2. The highest BCUT2D eigenvalue weighted by atomic mass is 32.2. The summed E-state index contributed by atoms with van der Waals surface area (Å²) in [5, 5.41) is 11.2. The molecule has 0 radical (unpaired) electrons. The number of carbonyl (C=O) groups is 5. The first kappa shape index (κ1) is 46.4. The third-order valence-electron chi connectivity index (χ3n) is 11.1. The Morgan fingerprint density at radius 1 is 0.831 bits per heavy atom. The molecule has 0 bridgehead atoms. The zero-order valence-corrected chi connectivity index (χ0v) is 38.9. The molecule has 65 heavy (non-hydrogen) atoms. The average Bonchev–Trinajstić information content (AvgIpc) is 4.05. The fraction of sp³-hybridized carbons (Fsp3) is 0.386. The number of thioether (sulfide) groups is 1. The Bertz CT molecular complexity index is 2830. The van der Waals surface area contributed by atoms with Crippen molar-refractivity contribution in [1.82, 2.24) is 43.7 Å². The van der Waals surface area contributed by atoms with Gasteiger partial charge in [0.15, 0.2) is 0 Å². The van der Waals surface area contributed by atoms with E-state index in [4.69, 9.17) is 26.2 Å². The van der Waals surface area contributed by atoms with Crippen LogP contribution in [0.25, 0.3) is 22.1 Å². The smallest absolute Gasteiger partial charge is 0.276 e. The molecule has 1 saturated heterocycles. The SMILES string of the molecule is CCc1nc(C)sc1C(=O)Nc1nc2cc(C(N)=O)cc(SC)c2n1C/C=C/Cn1c(NC(=O)c2cc(C)nn2CC)nc2cc(C(N)=O)cc(OCCCN3CCN(C(C)=O)CC3)c21. The van der Waals surface area contributed by atoms with Gasteiger partial charge in [-0.05, 0) is 70.2 Å². The Labute approximate surface area is 383 Å². The van der Waals surface area contributed by atoms with Crippen molar-refractivity contribution in [3.05, 3.63) is 80.6 Å². The van der Waals surface area contributed by atoms with Crippen molar-refractivity contribution in [2.45, 2.75) is 72.0 Å². The lowest BCUT2D eigenvalue weighted by Gasteiger charge is -2.34. The van der Waals surface area contributed by atoms with E-state index >= 15 is 0 Å². The molecule has 2 aromatic carbocycles. The van der Waals surface area contributed by atoms with Gasteiger partial charge in [0.25, 0.3) is 11.8 Å². The lowest BCUT2D eigenvalue weighted by atomic mass is 10.1. The number of rotatable bonds is 18. The molecule has 6 N–H and O–H groups in total. The Hall–Kier alpha value is -6.58. The van der Waals surface area contributed by atoms with E-state index in [1.54, 1.807) is 46.5 Å². The Balaban J connectivity index is 1.23. The van der Waals surface area contributed by atoms with Gasteiger partial charge in [-0.2, -0.15) is 5.10 Å². The highest BCUT2D eigenvalue weighted by molar-refractivity contribution is 7.98. The molecule has 1 aliphatic heterocycles. The third kappa shape index (κ3) is 10.2. The molecule has 21 heteroatoms. The Kier molecular flexibility index (Phi) is 14.3. The van der Waals surface area contributed by atoms with E-state index in [0.29, 0.717) is 88.9 Å². The summed E-state index contributed by atoms with van der Waals surface area (Å²) in [6.07, 6.45) is 6.91. The first-order valence-electron chi connectivity index (χ1n) is 21.3. The maximum absolute atomic E-state index is 13.9. The first-order valence-corrected chi connectivity index (χ1v) is 23.3. The number of nitrogens with zero attached hydrogens (tertiary/aromatic N) is 9. The van der Waals surface area contributed by atoms with Crippen LogP contribution in [0.3, 0.4) is 0 Å². The minimum Gasteiger partial charge on any atom is -0.491 e. The lowest BCUT2D eigenvalue weighted by Crippen LogP contribution is -2.48. The van der Waals surface area contributed by atoms with Gasteiger partial charge in [0.2, 0.25) is 29.6 Å². The number of carbonyl (C=O) groups excluding carboxylic acids is 5. The number of nitrogens with two attached hydrogens (primary N) is 2. The second-order valence-electron chi connectivity index (χ2n) is 15.5. The van der Waals surface area contributed by atoms with Gasteiger partial charge in [-0.15, -0.1) is 23.1 Å². The van der Waals surface area contributed by atoms with E-state index < -0.39 is 17.7 Å². The number of imidazole rings is 2. The van der Waals surface area contributed by atoms with E-state index in [-0.39, 0.29) is 47.9 Å². The zero-order chi connectivity index (χ0) is 46.5. The van der Waals surface area contributed by atoms with Crippen LogP contribution in [-0.4, -0.2) is 119 Å². The summed E-state index contributed by atoms with van der Waals surface area (Å²) in [5.41, 5.74) is 15.8. The molecular weight excluding hydrogens is 871 g/mol. The fourth-order valence-corrected chi connectivity index (χ4v) is 9.41. The van der Waals surface area contributed by atoms with Crippen LogP contribution in [-0.2, 0) is 30.8 Å². The van der Waals surface area contributed by atoms with Crippen LogP contribution < -0.4 is 26.8 Å². The van der Waals surface area contributed by atoms with Crippen molar-refractivity contribution in [2.24, 2.45) is 11.5 Å². The monoisotopic (exact) mass is 923 g/mol. The predicted molar refractivity (Wildman–Crippen MR) is 251 cm³/mol. The summed E-state index contributed by atoms with van der Waals surface area (Å²) in [6, 6.07) is 8.17. The van der Waals surface area contributed by atoms with Crippen LogP contribution in [0.4, 0.5) is 11.9 Å². The van der Waals surface area contributed by atoms with Gasteiger partial charge in [0.1, 0.15) is 21.8 Å². The van der Waals surface area contributed by atoms with Gasteiger partial charge < -0.3 is 30.2 Å². The van der Waals surface area contributed by atoms with E-state index in [1.807, 2.05) is 55.6 Å². The standard InChI is InChI=1S/C44H53N13O6S2/c1-7-30-38(65-26(4)47-30)42(62)51-44-49-32-22-29(40(46)60)24-35(64-6)37(32)56(44)14-10-9-13-55-36-31(48-43(55)50-41(61)33-20-25(3)52-57(33)8-2)21-28(39(45)59)23-34(36)63-19-11-12-53-15-17-54(18-16-53)27(5)58/h9-10,20-24H,7-8,11-19H2,1-6H3,(H2,45,59)(H2,46,60)(H,48,50,61)(H,49,51,62)/b10-9+. The molecule has 7 rings (SSSR count). The number of anilines is 2. The quantitative estimate of drug-likeness (QED) is 0.0514. The van der Waals surface area contributed by atoms with Crippen LogP contribution in [0.1, 0.15) is 84.5 Å². The van der Waals surface area contributed by atoms with Crippen molar-refractivity contribution in [2.75, 3.05) is 56.2 Å². The number of ether oxygens (including phenoxy) is 1. The summed E-state index contributed by atoms with van der Waals surface area (Å²) in [7, 11) is 0. The molecule has 342 valence electrons. The molecular formula is C44H53N13O6S2. The number of hydrogen-bond acceptors (Lipinski definition) is 13. The molecule has 0 saturated carbocycles. The summed E-state index contributed by atoms with van der Waals surface area (Å²) >= 11 is 2.72. The van der Waals surface area contributed by atoms with E-state index in [0.717, 1.165) is 29.5 Å². The maximum atomic E-state index is 13.9. The van der Waals surface area contributed by atoms with Crippen LogP contribution >= 0.6 is 23.1 Å². The number of piperazine rings is 1. The number of hydrogen-bond donors (Lipinski definition) is 4. The lowest BCUT2D eigenvalue weighted by molar-refractivity contribution is -0.130. The van der Waals surface area contributed by atoms with Gasteiger partial charge in [-0.3, -0.25) is 44.2 Å². The van der Waals surface area contributed by atoms with Crippen LogP contribution in [0.2, 0.25) is 0 Å². The summed E-state index contributed by atoms with van der Waals surface area (Å²) in [6.45, 7) is 13.9. The number of fused-ring (bicyclic) bond motifs is 2. The van der Waals surface area contributed by atoms with Crippen molar-refractivity contribution in [3.8, 4) is 5.75 Å². The number of primary amides is 2. The molecule has 0 spiro atoms. The van der Waals surface area contributed by atoms with Gasteiger partial charge in [0.05, 0.1) is 39.6 Å². The number of aryl methyl sites for hydroxylation is 4. The molecule has 0 atom stereocenters. The molecule has 0 unspecified atom stereocenters. The minimum atomic E-state index is -0.665. The zero-order valence-electron chi connectivity index (χ0n) is 37.3. The molecule has 19 nitrogen and oxygen atoms in total. The second kappa shape index (κ2) is 20.1. The molecule has 5 amide bonds. The molecule has 1 aliphatic rings. The van der Waals surface area contributed by atoms with Gasteiger partial charge in [0, 0.05) is 75.3 Å². The van der Waals surface area contributed by atoms with Crippen LogP contribution in [0.5, 0.6) is 5.75 Å². The Morgan fingerprint density at radius 2 is 1.45 bits per heavy atom. The normalized spacial score (nSPS) is 13.3. The second-order valence-corrected chi connectivity index (χ2v) is 17.5. The van der Waals surface area contributed by atoms with Crippen molar-refractivity contribution in [3.63, 3.8) is 0 Å². The molecule has 1 fully saturated rings. The minimum absolute atomic E-state index is 0.0705. The van der Waals surface area contributed by atoms with Gasteiger partial charge >= 0.3 is 0 Å². The van der Waals surface area contributed by atoms with Crippen LogP contribution in [0, 0.1) is 13.8 Å². The molecule has 4 aromatic heterocycles. The topological polar surface area (TPSA) is 244 Å². The molecule has 5 heterocycles. The van der Waals surface area contributed by atoms with Gasteiger partial charge in [-0.1, -0.05) is 19.1 Å². The summed E-state index contributed by atoms with van der Waals surface area (Å²) < 4.78 is 11.7. The Morgan fingerprint density at radius 3 is 2.05 bits per heavy atom. The number of amides is 5. The van der Waals surface area contributed by atoms with Gasteiger partial charge in [-0.25, -0.2) is 15.0 Å². The predicted octanol–water partition coefficient (Wildman–Crippen LogP) is 4.85. The largest absolute Gasteiger partial charge is 0.491 e. The number of thiazole rings is 1. The van der Waals surface area contributed by atoms with E-state index in [9.17, 15) is 24.0 Å². The number of allylic oxidation sites excluding steroid dienone is 2. The summed E-state index contributed by atoms with van der Waals surface area (Å²) in [4.78, 5) is 83.8. The van der Waals surface area contributed by atoms with Crippen LogP contribution in [0.15, 0.2) is 47.4 Å². The molecule has 6 aromatic rings. The summed E-state index contributed by atoms with van der Waals surface area (Å²) in [5.74, 6) is -1.15. The molecule has 0 aliphatic carbocycles. The van der Waals surface area contributed by atoms with Crippen molar-refractivity contribution < 1.29 is 28.7 Å². The third-order valence-corrected chi connectivity index (χ3v) is 12.8. The maximum Gasteiger partial charge on any atom is 0.276 e. The first-order chi connectivity index (χ1) is 31.2. The number of nitrogens with one attached hydrogen (secondary N) is 2. The van der Waals surface area contributed by atoms with E-state index in [1.165, 1.54) is 23.1 Å².